The zero-order valence-electron chi connectivity index (χ0n) is 39.7. The normalized spacial score (nSPS) is 20.6. The van der Waals surface area contributed by atoms with E-state index in [0.717, 1.165) is 130 Å². The second kappa shape index (κ2) is 21.3. The van der Waals surface area contributed by atoms with Crippen molar-refractivity contribution in [2.75, 3.05) is 59.4 Å². The van der Waals surface area contributed by atoms with Crippen LogP contribution in [0, 0.1) is 18.8 Å². The summed E-state index contributed by atoms with van der Waals surface area (Å²) in [6.45, 7) is 7.77. The lowest BCUT2D eigenvalue weighted by Gasteiger charge is -2.43. The van der Waals surface area contributed by atoms with E-state index < -0.39 is 6.04 Å². The first-order valence-electron chi connectivity index (χ1n) is 25.3. The van der Waals surface area contributed by atoms with Crippen LogP contribution in [0.5, 0.6) is 0 Å². The van der Waals surface area contributed by atoms with E-state index in [0.29, 0.717) is 57.0 Å². The van der Waals surface area contributed by atoms with Gasteiger partial charge >= 0.3 is 18.0 Å². The van der Waals surface area contributed by atoms with Gasteiger partial charge in [0.25, 0.3) is 5.56 Å². The molecular weight excluding hydrogens is 849 g/mol. The van der Waals surface area contributed by atoms with Crippen LogP contribution in [0.1, 0.15) is 112 Å². The Hall–Kier alpha value is -5.28. The molecule has 3 saturated heterocycles. The Morgan fingerprint density at radius 2 is 1.36 bits per heavy atom. The summed E-state index contributed by atoms with van der Waals surface area (Å²) in [5, 5.41) is 9.55. The average molecular weight is 919 g/mol. The van der Waals surface area contributed by atoms with E-state index in [1.54, 1.807) is 20.3 Å². The third kappa shape index (κ3) is 10.9. The van der Waals surface area contributed by atoms with Crippen LogP contribution >= 0.6 is 0 Å². The molecule has 15 heteroatoms. The topological polar surface area (TPSA) is 152 Å². The minimum Gasteiger partial charge on any atom is -0.444 e. The number of benzene rings is 2. The molecule has 2 saturated carbocycles. The number of esters is 2. The minimum absolute atomic E-state index is 0.0449. The third-order valence-corrected chi connectivity index (χ3v) is 15.6. The Balaban J connectivity index is 0.881. The van der Waals surface area contributed by atoms with Crippen molar-refractivity contribution in [2.45, 2.75) is 135 Å². The van der Waals surface area contributed by atoms with Crippen LogP contribution in [-0.2, 0) is 43.7 Å². The summed E-state index contributed by atoms with van der Waals surface area (Å²) < 4.78 is 14.9. The van der Waals surface area contributed by atoms with Gasteiger partial charge in [0.15, 0.2) is 13.5 Å². The fourth-order valence-electron chi connectivity index (χ4n) is 11.6. The second-order valence-corrected chi connectivity index (χ2v) is 20.1. The number of rotatable bonds is 12. The number of carbonyl (C=O) groups is 4. The predicted octanol–water partition coefficient (Wildman–Crippen LogP) is 6.56. The Kier molecular flexibility index (Phi) is 14.9. The van der Waals surface area contributed by atoms with Crippen molar-refractivity contribution >= 4 is 45.7 Å². The Bertz CT molecular complexity index is 2450. The molecule has 5 aliphatic rings. The highest BCUT2D eigenvalue weighted by atomic mass is 16.5. The van der Waals surface area contributed by atoms with E-state index in [4.69, 9.17) is 9.47 Å². The summed E-state index contributed by atoms with van der Waals surface area (Å²) in [7, 11) is 2.17. The lowest BCUT2D eigenvalue weighted by atomic mass is 9.89. The monoisotopic (exact) mass is 919 g/mol. The SMILES string of the molecule is Cc1cc(CC(NC(=O)N2CCC(c3cc4ccccc4n(COC(=O)C4CCCCC4)c3=O)CC2)C(=O)N2CCN(C3CCN(C)CC3)CC2)cc2cnn(COC(=O)C3CCCCC3)c12. The van der Waals surface area contributed by atoms with Crippen LogP contribution in [0.2, 0.25) is 0 Å². The molecule has 0 spiro atoms. The van der Waals surface area contributed by atoms with Crippen LogP contribution < -0.4 is 10.9 Å². The van der Waals surface area contributed by atoms with Gasteiger partial charge in [0.1, 0.15) is 6.04 Å². The molecule has 15 nitrogen and oxygen atoms in total. The molecule has 9 rings (SSSR count). The van der Waals surface area contributed by atoms with E-state index >= 15 is 0 Å². The maximum atomic E-state index is 14.6. The van der Waals surface area contributed by atoms with Crippen LogP contribution in [0.25, 0.3) is 21.8 Å². The van der Waals surface area contributed by atoms with Crippen molar-refractivity contribution in [2.24, 2.45) is 11.8 Å². The van der Waals surface area contributed by atoms with E-state index in [2.05, 4.69) is 27.3 Å². The van der Waals surface area contributed by atoms with Crippen LogP contribution in [0.15, 0.2) is 53.5 Å². The molecule has 1 atom stereocenters. The highest BCUT2D eigenvalue weighted by Gasteiger charge is 2.35. The van der Waals surface area contributed by atoms with Crippen LogP contribution in [-0.4, -0.2) is 129 Å². The first kappa shape index (κ1) is 46.8. The number of para-hydroxylation sites is 1. The number of ether oxygens (including phenoxy) is 2. The maximum Gasteiger partial charge on any atom is 0.318 e. The Morgan fingerprint density at radius 1 is 0.716 bits per heavy atom. The fraction of sp³-hybridized carbons (Fsp3) is 0.615. The number of urea groups is 1. The van der Waals surface area contributed by atoms with Gasteiger partial charge in [0.2, 0.25) is 5.91 Å². The number of piperidine rings is 2. The Labute approximate surface area is 394 Å². The lowest BCUT2D eigenvalue weighted by Crippen LogP contribution is -2.59. The summed E-state index contributed by atoms with van der Waals surface area (Å²) in [5.74, 6) is -0.735. The molecule has 3 aliphatic heterocycles. The number of nitrogens with one attached hydrogen (secondary N) is 1. The van der Waals surface area contributed by atoms with Crippen molar-refractivity contribution in [3.05, 3.63) is 75.7 Å². The summed E-state index contributed by atoms with van der Waals surface area (Å²) in [5.41, 5.74) is 3.94. The molecular formula is C52H70N8O7. The zero-order valence-corrected chi connectivity index (χ0v) is 39.7. The number of nitrogens with zero attached hydrogens (tertiary/aromatic N) is 7. The third-order valence-electron chi connectivity index (χ3n) is 15.6. The number of hydrogen-bond acceptors (Lipinski definition) is 10. The van der Waals surface area contributed by atoms with E-state index in [9.17, 15) is 24.0 Å². The van der Waals surface area contributed by atoms with Gasteiger partial charge in [-0.2, -0.15) is 5.10 Å². The molecule has 0 bridgehead atoms. The zero-order chi connectivity index (χ0) is 46.4. The van der Waals surface area contributed by atoms with Crippen molar-refractivity contribution < 1.29 is 28.7 Å². The molecule has 360 valence electrons. The summed E-state index contributed by atoms with van der Waals surface area (Å²) in [4.78, 5) is 77.6. The van der Waals surface area contributed by atoms with Gasteiger partial charge < -0.3 is 29.5 Å². The molecule has 3 amide bonds. The number of amides is 3. The van der Waals surface area contributed by atoms with Gasteiger partial charge in [-0.15, -0.1) is 0 Å². The van der Waals surface area contributed by atoms with Crippen LogP contribution in [0.4, 0.5) is 4.79 Å². The molecule has 1 unspecified atom stereocenters. The summed E-state index contributed by atoms with van der Waals surface area (Å²) in [6, 6.07) is 13.2. The number of aryl methyl sites for hydroxylation is 1. The quantitative estimate of drug-likeness (QED) is 0.155. The standard InChI is InChI=1S/C52H70N8O7/c1-36-29-37(30-42-33-53-60(47(36)42)35-67-51(64)40-13-7-4-8-14-40)31-45(49(62)57-27-25-56(26-28-57)43-19-21-55(2)22-20-43)54-52(65)58-23-17-38(18-24-58)44-32-41-15-9-10-16-46(41)59(48(44)61)34-66-50(63)39-11-5-3-6-12-39/h9-10,15-16,29-30,32-33,38-40,43,45H,3-8,11-14,17-28,31,34-35H2,1-2H3,(H,54,65). The van der Waals surface area contributed by atoms with Gasteiger partial charge in [0.05, 0.1) is 29.1 Å². The number of pyridine rings is 1. The van der Waals surface area contributed by atoms with Crippen molar-refractivity contribution in [3.8, 4) is 0 Å². The average Bonchev–Trinajstić information content (AvgIpc) is 3.79. The van der Waals surface area contributed by atoms with Crippen molar-refractivity contribution in [3.63, 3.8) is 0 Å². The molecule has 2 aromatic heterocycles. The van der Waals surface area contributed by atoms with Crippen molar-refractivity contribution in [1.29, 1.82) is 0 Å². The fourth-order valence-corrected chi connectivity index (χ4v) is 11.6. The number of hydrogen-bond donors (Lipinski definition) is 1. The highest BCUT2D eigenvalue weighted by molar-refractivity contribution is 5.88. The number of carbonyl (C=O) groups excluding carboxylic acids is 4. The van der Waals surface area contributed by atoms with E-state index in [1.807, 2.05) is 54.3 Å². The number of piperazine rings is 1. The van der Waals surface area contributed by atoms with Gasteiger partial charge in [-0.3, -0.25) is 28.6 Å². The van der Waals surface area contributed by atoms with Gasteiger partial charge in [0, 0.05) is 62.7 Å². The Morgan fingerprint density at radius 3 is 2.03 bits per heavy atom. The second-order valence-electron chi connectivity index (χ2n) is 20.1. The number of fused-ring (bicyclic) bond motifs is 2. The first-order chi connectivity index (χ1) is 32.6. The molecule has 5 fully saturated rings. The molecule has 5 heterocycles. The molecule has 2 aromatic carbocycles. The summed E-state index contributed by atoms with van der Waals surface area (Å²) in [6.07, 6.45) is 15.4. The smallest absolute Gasteiger partial charge is 0.318 e. The molecule has 2 aliphatic carbocycles. The summed E-state index contributed by atoms with van der Waals surface area (Å²) >= 11 is 0. The van der Waals surface area contributed by atoms with Crippen molar-refractivity contribution in [1.82, 2.24) is 39.3 Å². The molecule has 0 radical (unpaired) electrons. The van der Waals surface area contributed by atoms with Crippen LogP contribution in [0.3, 0.4) is 0 Å². The molecule has 4 aromatic rings. The van der Waals surface area contributed by atoms with Gasteiger partial charge in [-0.05, 0) is 119 Å². The molecule has 1 N–H and O–H groups in total. The first-order valence-corrected chi connectivity index (χ1v) is 25.3. The van der Waals surface area contributed by atoms with E-state index in [1.165, 1.54) is 6.42 Å². The predicted molar refractivity (Wildman–Crippen MR) is 256 cm³/mol. The highest BCUT2D eigenvalue weighted by Crippen LogP contribution is 2.31. The largest absolute Gasteiger partial charge is 0.444 e. The van der Waals surface area contributed by atoms with E-state index in [-0.39, 0.29) is 60.7 Å². The molecule has 67 heavy (non-hydrogen) atoms. The number of aromatic nitrogens is 3. The maximum absolute atomic E-state index is 14.6. The van der Waals surface area contributed by atoms with Gasteiger partial charge in [-0.25, -0.2) is 9.48 Å². The number of likely N-dealkylation sites (tertiary alicyclic amines) is 2. The van der Waals surface area contributed by atoms with Gasteiger partial charge in [-0.1, -0.05) is 62.8 Å². The minimum atomic E-state index is -0.799. The lowest BCUT2D eigenvalue weighted by molar-refractivity contribution is -0.154.